The molecule has 0 saturated carbocycles. The number of rotatable bonds is 11. The molecule has 1 atom stereocenters. The topological polar surface area (TPSA) is 40.6 Å². The lowest BCUT2D eigenvalue weighted by molar-refractivity contribution is -0.117. The van der Waals surface area contributed by atoms with Crippen molar-refractivity contribution >= 4 is 11.8 Å². The van der Waals surface area contributed by atoms with E-state index in [2.05, 4.69) is 25.7 Å². The molecule has 4 heteroatoms. The van der Waals surface area contributed by atoms with Crippen LogP contribution in [-0.4, -0.2) is 35.7 Å². The van der Waals surface area contributed by atoms with Gasteiger partial charge in [-0.25, -0.2) is 4.79 Å². The fraction of sp³-hybridized carbons (Fsp3) is 0.636. The van der Waals surface area contributed by atoms with Crippen LogP contribution in [0.15, 0.2) is 35.7 Å². The molecule has 1 rings (SSSR count). The summed E-state index contributed by atoms with van der Waals surface area (Å²) in [6, 6.07) is -0.0279. The van der Waals surface area contributed by atoms with E-state index in [1.54, 1.807) is 23.8 Å². The number of Topliss-reactive ketones (excluding diaryl/α,β-unsaturated/α-hetero) is 1. The molecule has 1 aliphatic heterocycles. The summed E-state index contributed by atoms with van der Waals surface area (Å²) in [5.41, 5.74) is 3.00. The minimum atomic E-state index is -0.0279. The Morgan fingerprint density at radius 1 is 1.19 bits per heavy atom. The summed E-state index contributed by atoms with van der Waals surface area (Å²) in [6.45, 7) is 9.98. The molecule has 1 aliphatic rings. The first kappa shape index (κ1) is 22.2. The Balaban J connectivity index is 2.72. The van der Waals surface area contributed by atoms with Crippen molar-refractivity contribution in [3.63, 3.8) is 0 Å². The summed E-state index contributed by atoms with van der Waals surface area (Å²) in [7, 11) is 3.61. The Bertz CT molecular complexity index is 575. The average Bonchev–Trinajstić information content (AvgIpc) is 2.61. The fourth-order valence-corrected chi connectivity index (χ4v) is 3.33. The molecular formula is C22H36N2O2. The predicted molar refractivity (Wildman–Crippen MR) is 109 cm³/mol. The highest BCUT2D eigenvalue weighted by molar-refractivity contribution is 5.81. The van der Waals surface area contributed by atoms with Crippen molar-refractivity contribution in [3.8, 4) is 0 Å². The van der Waals surface area contributed by atoms with Crippen molar-refractivity contribution in [3.05, 3.63) is 35.7 Å². The highest BCUT2D eigenvalue weighted by atomic mass is 16.2. The van der Waals surface area contributed by atoms with Crippen molar-refractivity contribution in [1.29, 1.82) is 0 Å². The van der Waals surface area contributed by atoms with E-state index < -0.39 is 0 Å². The quantitative estimate of drug-likeness (QED) is 0.352. The molecule has 4 nitrogen and oxygen atoms in total. The zero-order chi connectivity index (χ0) is 19.7. The van der Waals surface area contributed by atoms with Gasteiger partial charge in [-0.1, -0.05) is 38.5 Å². The van der Waals surface area contributed by atoms with Gasteiger partial charge in [-0.3, -0.25) is 4.90 Å². The number of likely N-dealkylation sites (N-methyl/N-ethyl adjacent to an activating group) is 1. The maximum atomic E-state index is 12.2. The SMILES string of the molecule is C=C1C(CCC(/C=C/CCC)CCCCC(C)=O)=C(C)N(C)C(=O)N1C. The number of carbonyl (C=O) groups excluding carboxylic acids is 2. The van der Waals surface area contributed by atoms with E-state index >= 15 is 0 Å². The second-order valence-electron chi connectivity index (χ2n) is 7.37. The Hall–Kier alpha value is -1.84. The first-order chi connectivity index (χ1) is 12.3. The zero-order valence-corrected chi connectivity index (χ0v) is 17.3. The molecule has 0 fully saturated rings. The maximum Gasteiger partial charge on any atom is 0.328 e. The second kappa shape index (κ2) is 11.0. The van der Waals surface area contributed by atoms with Gasteiger partial charge in [0.25, 0.3) is 0 Å². The van der Waals surface area contributed by atoms with Gasteiger partial charge in [0.05, 0.1) is 0 Å². The van der Waals surface area contributed by atoms with Crippen LogP contribution in [0, 0.1) is 5.92 Å². The van der Waals surface area contributed by atoms with Crippen molar-refractivity contribution in [2.24, 2.45) is 5.92 Å². The lowest BCUT2D eigenvalue weighted by Crippen LogP contribution is -2.42. The van der Waals surface area contributed by atoms with Crippen LogP contribution < -0.4 is 0 Å². The lowest BCUT2D eigenvalue weighted by atomic mass is 9.91. The molecule has 0 saturated heterocycles. The zero-order valence-electron chi connectivity index (χ0n) is 17.3. The van der Waals surface area contributed by atoms with Crippen LogP contribution in [0.25, 0.3) is 0 Å². The van der Waals surface area contributed by atoms with Crippen LogP contribution in [0.5, 0.6) is 0 Å². The molecule has 2 amide bonds. The molecule has 0 N–H and O–H groups in total. The molecule has 0 spiro atoms. The number of hydrogen-bond acceptors (Lipinski definition) is 2. The van der Waals surface area contributed by atoms with Gasteiger partial charge in [-0.2, -0.15) is 0 Å². The number of carbonyl (C=O) groups is 2. The smallest absolute Gasteiger partial charge is 0.301 e. The van der Waals surface area contributed by atoms with Gasteiger partial charge in [0.1, 0.15) is 5.78 Å². The van der Waals surface area contributed by atoms with Crippen LogP contribution in [0.1, 0.15) is 72.1 Å². The summed E-state index contributed by atoms with van der Waals surface area (Å²) in [4.78, 5) is 26.6. The third-order valence-electron chi connectivity index (χ3n) is 5.25. The van der Waals surface area contributed by atoms with Gasteiger partial charge in [0.2, 0.25) is 0 Å². The van der Waals surface area contributed by atoms with Crippen LogP contribution in [0.2, 0.25) is 0 Å². The normalized spacial score (nSPS) is 16.8. The van der Waals surface area contributed by atoms with E-state index in [0.29, 0.717) is 12.3 Å². The van der Waals surface area contributed by atoms with Crippen molar-refractivity contribution in [1.82, 2.24) is 9.80 Å². The summed E-state index contributed by atoms with van der Waals surface area (Å²) >= 11 is 0. The molecule has 0 aromatic rings. The van der Waals surface area contributed by atoms with Crippen molar-refractivity contribution < 1.29 is 9.59 Å². The van der Waals surface area contributed by atoms with Gasteiger partial charge in [-0.15, -0.1) is 0 Å². The molecule has 26 heavy (non-hydrogen) atoms. The molecule has 0 bridgehead atoms. The lowest BCUT2D eigenvalue weighted by Gasteiger charge is -2.35. The van der Waals surface area contributed by atoms with E-state index in [-0.39, 0.29) is 11.8 Å². The third kappa shape index (κ3) is 6.47. The molecule has 0 aromatic heterocycles. The first-order valence-electron chi connectivity index (χ1n) is 9.86. The molecule has 1 heterocycles. The van der Waals surface area contributed by atoms with Crippen LogP contribution >= 0.6 is 0 Å². The van der Waals surface area contributed by atoms with Gasteiger partial charge < -0.3 is 9.69 Å². The van der Waals surface area contributed by atoms with Gasteiger partial charge >= 0.3 is 6.03 Å². The Morgan fingerprint density at radius 3 is 2.50 bits per heavy atom. The Kier molecular flexibility index (Phi) is 9.39. The minimum Gasteiger partial charge on any atom is -0.301 e. The monoisotopic (exact) mass is 360 g/mol. The van der Waals surface area contributed by atoms with Crippen LogP contribution in [-0.2, 0) is 4.79 Å². The number of urea groups is 1. The predicted octanol–water partition coefficient (Wildman–Crippen LogP) is 5.67. The largest absolute Gasteiger partial charge is 0.328 e. The number of unbranched alkanes of at least 4 members (excludes halogenated alkanes) is 2. The number of hydrogen-bond donors (Lipinski definition) is 0. The first-order valence-corrected chi connectivity index (χ1v) is 9.86. The number of ketones is 1. The number of amides is 2. The van der Waals surface area contributed by atoms with Crippen molar-refractivity contribution in [2.75, 3.05) is 14.1 Å². The van der Waals surface area contributed by atoms with E-state index in [4.69, 9.17) is 0 Å². The average molecular weight is 361 g/mol. The number of nitrogens with zero attached hydrogens (tertiary/aromatic N) is 2. The van der Waals surface area contributed by atoms with Crippen molar-refractivity contribution in [2.45, 2.75) is 72.1 Å². The molecule has 146 valence electrons. The molecule has 1 unspecified atom stereocenters. The van der Waals surface area contributed by atoms with Crippen LogP contribution in [0.3, 0.4) is 0 Å². The van der Waals surface area contributed by atoms with E-state index in [9.17, 15) is 9.59 Å². The van der Waals surface area contributed by atoms with Gasteiger partial charge in [0.15, 0.2) is 0 Å². The maximum absolute atomic E-state index is 12.2. The summed E-state index contributed by atoms with van der Waals surface area (Å²) < 4.78 is 0. The molecular weight excluding hydrogens is 324 g/mol. The number of allylic oxidation sites excluding steroid dienone is 4. The highest BCUT2D eigenvalue weighted by Gasteiger charge is 2.28. The molecule has 0 radical (unpaired) electrons. The Morgan fingerprint density at radius 2 is 1.88 bits per heavy atom. The summed E-state index contributed by atoms with van der Waals surface area (Å²) in [5, 5.41) is 0. The van der Waals surface area contributed by atoms with Gasteiger partial charge in [0, 0.05) is 31.9 Å². The van der Waals surface area contributed by atoms with E-state index in [0.717, 1.165) is 56.3 Å². The summed E-state index contributed by atoms with van der Waals surface area (Å²) in [6.07, 6.45) is 12.7. The third-order valence-corrected chi connectivity index (χ3v) is 5.25. The van der Waals surface area contributed by atoms with Gasteiger partial charge in [-0.05, 0) is 57.4 Å². The molecule has 0 aliphatic carbocycles. The van der Waals surface area contributed by atoms with Crippen LogP contribution in [0.4, 0.5) is 4.79 Å². The van der Waals surface area contributed by atoms with E-state index in [1.807, 2.05) is 14.0 Å². The Labute approximate surface area is 159 Å². The van der Waals surface area contributed by atoms with E-state index in [1.165, 1.54) is 5.57 Å². The summed E-state index contributed by atoms with van der Waals surface area (Å²) in [5.74, 6) is 0.785. The second-order valence-corrected chi connectivity index (χ2v) is 7.37. The standard InChI is InChI=1S/C22H36N2O2/c1-7-8-9-13-20(14-11-10-12-17(2)25)15-16-21-18(3)23(5)22(26)24(6)19(21)4/h9,13,20H,3,7-8,10-12,14-16H2,1-2,4-6H3/b13-9+. The minimum absolute atomic E-state index is 0.0279. The highest BCUT2D eigenvalue weighted by Crippen LogP contribution is 2.31. The fourth-order valence-electron chi connectivity index (χ4n) is 3.33. The molecule has 0 aromatic carbocycles.